The average molecular weight is 403 g/mol. The molecule has 6 rings (SSSR count). The molecular weight excluding hydrogens is 376 g/mol. The second-order valence-electron chi connectivity index (χ2n) is 8.99. The zero-order valence-electron chi connectivity index (χ0n) is 17.1. The van der Waals surface area contributed by atoms with Crippen molar-refractivity contribution >= 4 is 5.82 Å². The molecule has 1 unspecified atom stereocenters. The van der Waals surface area contributed by atoms with Gasteiger partial charge >= 0.3 is 0 Å². The molecule has 7 heteroatoms. The molecule has 1 saturated carbocycles. The molecule has 3 aliphatic rings. The van der Waals surface area contributed by atoms with Crippen LogP contribution in [0.1, 0.15) is 24.8 Å². The number of aromatic nitrogens is 4. The summed E-state index contributed by atoms with van der Waals surface area (Å²) in [5.41, 5.74) is 4.60. The number of hydrogen-bond donors (Lipinski definition) is 2. The van der Waals surface area contributed by atoms with Crippen LogP contribution < -0.4 is 10.2 Å². The predicted molar refractivity (Wildman–Crippen MR) is 115 cm³/mol. The van der Waals surface area contributed by atoms with Gasteiger partial charge in [0, 0.05) is 48.6 Å². The van der Waals surface area contributed by atoms with Gasteiger partial charge in [0.15, 0.2) is 5.82 Å². The van der Waals surface area contributed by atoms with Gasteiger partial charge in [-0.2, -0.15) is 5.10 Å². The number of benzene rings is 1. The van der Waals surface area contributed by atoms with Crippen molar-refractivity contribution in [1.29, 1.82) is 0 Å². The van der Waals surface area contributed by atoms with Crippen LogP contribution in [0.2, 0.25) is 0 Å². The second kappa shape index (κ2) is 6.80. The van der Waals surface area contributed by atoms with Gasteiger partial charge in [-0.3, -0.25) is 4.68 Å². The van der Waals surface area contributed by atoms with Crippen LogP contribution in [0, 0.1) is 5.92 Å². The molecule has 3 atom stereocenters. The summed E-state index contributed by atoms with van der Waals surface area (Å²) in [6.45, 7) is 2.18. The van der Waals surface area contributed by atoms with Gasteiger partial charge in [-0.1, -0.05) is 6.07 Å². The number of nitrogens with one attached hydrogen (secondary N) is 1. The number of hydrogen-bond acceptors (Lipinski definition) is 6. The second-order valence-corrected chi connectivity index (χ2v) is 8.99. The number of rotatable bonds is 3. The van der Waals surface area contributed by atoms with Crippen molar-refractivity contribution in [3.63, 3.8) is 0 Å². The third-order valence-corrected chi connectivity index (χ3v) is 6.97. The van der Waals surface area contributed by atoms with Crippen molar-refractivity contribution in [3.8, 4) is 28.1 Å². The third-order valence-electron chi connectivity index (χ3n) is 6.97. The standard InChI is InChI=1S/C23H26N6O/c1-28-13-17(12-25-28)15-2-3-20(22(30)9-15)21-8-16-4-5-29(23(16)27-26-21)19-7-14-6-18(10-19)24-11-14/h2-3,8-9,12-14,18-19,24,30H,4-7,10-11H2,1H3/t14?,18-,19+/m0/s1. The SMILES string of the molecule is Cn1cc(-c2ccc(-c3cc4c(nn3)N([C@@H]3CC5CN[C@@H](C5)C3)CC4)c(O)c2)cn1. The Bertz CT molecular complexity index is 1100. The molecule has 2 N–H and O–H groups in total. The van der Waals surface area contributed by atoms with E-state index in [9.17, 15) is 5.11 Å². The van der Waals surface area contributed by atoms with Crippen LogP contribution in [0.25, 0.3) is 22.4 Å². The van der Waals surface area contributed by atoms with E-state index in [1.165, 1.54) is 31.4 Å². The van der Waals surface area contributed by atoms with Gasteiger partial charge in [-0.05, 0) is 61.9 Å². The Balaban J connectivity index is 1.27. The Morgan fingerprint density at radius 3 is 2.83 bits per heavy atom. The monoisotopic (exact) mass is 402 g/mol. The van der Waals surface area contributed by atoms with Crippen LogP contribution in [-0.2, 0) is 13.5 Å². The van der Waals surface area contributed by atoms with E-state index in [1.807, 2.05) is 25.4 Å². The molecule has 2 fully saturated rings. The largest absolute Gasteiger partial charge is 0.507 e. The number of aromatic hydroxyl groups is 1. The van der Waals surface area contributed by atoms with Crippen LogP contribution in [-0.4, -0.2) is 50.3 Å². The lowest BCUT2D eigenvalue weighted by Gasteiger charge is -2.35. The summed E-state index contributed by atoms with van der Waals surface area (Å²) >= 11 is 0. The van der Waals surface area contributed by atoms with Crippen molar-refractivity contribution in [1.82, 2.24) is 25.3 Å². The number of phenolic OH excluding ortho intramolecular Hbond substituents is 1. The topological polar surface area (TPSA) is 79.1 Å². The first-order chi connectivity index (χ1) is 14.6. The lowest BCUT2D eigenvalue weighted by atomic mass is 9.86. The van der Waals surface area contributed by atoms with Crippen molar-refractivity contribution in [2.45, 2.75) is 37.8 Å². The summed E-state index contributed by atoms with van der Waals surface area (Å²) in [6.07, 6.45) is 8.51. The van der Waals surface area contributed by atoms with Crippen molar-refractivity contribution in [3.05, 3.63) is 42.2 Å². The highest BCUT2D eigenvalue weighted by Gasteiger charge is 2.38. The van der Waals surface area contributed by atoms with Gasteiger partial charge in [-0.15, -0.1) is 10.2 Å². The molecule has 1 saturated heterocycles. The molecule has 4 heterocycles. The molecule has 0 radical (unpaired) electrons. The Kier molecular flexibility index (Phi) is 4.06. The van der Waals surface area contributed by atoms with E-state index in [-0.39, 0.29) is 5.75 Å². The Morgan fingerprint density at radius 2 is 2.03 bits per heavy atom. The maximum atomic E-state index is 10.7. The van der Waals surface area contributed by atoms with E-state index in [0.29, 0.717) is 12.1 Å². The molecule has 1 aromatic carbocycles. The summed E-state index contributed by atoms with van der Waals surface area (Å²) in [5.74, 6) is 2.06. The molecular formula is C23H26N6O. The zero-order chi connectivity index (χ0) is 20.2. The van der Waals surface area contributed by atoms with Gasteiger partial charge in [-0.25, -0.2) is 0 Å². The van der Waals surface area contributed by atoms with E-state index in [1.54, 1.807) is 16.9 Å². The summed E-state index contributed by atoms with van der Waals surface area (Å²) in [4.78, 5) is 2.48. The normalized spacial score (nSPS) is 25.0. The van der Waals surface area contributed by atoms with Crippen LogP contribution in [0.3, 0.4) is 0 Å². The average Bonchev–Trinajstić information content (AvgIpc) is 3.45. The lowest BCUT2D eigenvalue weighted by Crippen LogP contribution is -2.41. The van der Waals surface area contributed by atoms with E-state index in [4.69, 9.17) is 0 Å². The minimum Gasteiger partial charge on any atom is -0.507 e. The fraction of sp³-hybridized carbons (Fsp3) is 0.435. The Morgan fingerprint density at radius 1 is 1.10 bits per heavy atom. The molecule has 2 aliphatic heterocycles. The first-order valence-electron chi connectivity index (χ1n) is 10.8. The van der Waals surface area contributed by atoms with Crippen LogP contribution in [0.5, 0.6) is 5.75 Å². The highest BCUT2D eigenvalue weighted by atomic mass is 16.3. The lowest BCUT2D eigenvalue weighted by molar-refractivity contribution is 0.349. The first-order valence-corrected chi connectivity index (χ1v) is 10.8. The van der Waals surface area contributed by atoms with E-state index in [2.05, 4.69) is 31.6 Å². The summed E-state index contributed by atoms with van der Waals surface area (Å²) in [5, 5.41) is 27.7. The van der Waals surface area contributed by atoms with Gasteiger partial charge in [0.05, 0.1) is 11.9 Å². The molecule has 0 amide bonds. The fourth-order valence-electron chi connectivity index (χ4n) is 5.51. The van der Waals surface area contributed by atoms with E-state index >= 15 is 0 Å². The van der Waals surface area contributed by atoms with E-state index < -0.39 is 0 Å². The highest BCUT2D eigenvalue weighted by Crippen LogP contribution is 2.39. The van der Waals surface area contributed by atoms with E-state index in [0.717, 1.165) is 47.1 Å². The zero-order valence-corrected chi connectivity index (χ0v) is 17.1. The minimum atomic E-state index is 0.218. The number of aryl methyl sites for hydroxylation is 1. The minimum absolute atomic E-state index is 0.218. The number of anilines is 1. The van der Waals surface area contributed by atoms with Crippen molar-refractivity contribution in [2.24, 2.45) is 13.0 Å². The highest BCUT2D eigenvalue weighted by molar-refractivity contribution is 5.74. The molecule has 2 bridgehead atoms. The van der Waals surface area contributed by atoms with Crippen molar-refractivity contribution < 1.29 is 5.11 Å². The van der Waals surface area contributed by atoms with Gasteiger partial charge in [0.25, 0.3) is 0 Å². The summed E-state index contributed by atoms with van der Waals surface area (Å²) < 4.78 is 1.76. The maximum absolute atomic E-state index is 10.7. The fourth-order valence-corrected chi connectivity index (χ4v) is 5.51. The summed E-state index contributed by atoms with van der Waals surface area (Å²) in [6, 6.07) is 9.04. The Hall–Kier alpha value is -2.93. The first kappa shape index (κ1) is 17.9. The van der Waals surface area contributed by atoms with Crippen LogP contribution in [0.4, 0.5) is 5.82 Å². The number of fused-ring (bicyclic) bond motifs is 3. The quantitative estimate of drug-likeness (QED) is 0.701. The van der Waals surface area contributed by atoms with Gasteiger partial charge in [0.2, 0.25) is 0 Å². The third kappa shape index (κ3) is 2.96. The molecule has 154 valence electrons. The molecule has 2 aromatic heterocycles. The Labute approximate surface area is 175 Å². The predicted octanol–water partition coefficient (Wildman–Crippen LogP) is 2.75. The molecule has 3 aromatic rings. The number of nitrogens with zero attached hydrogens (tertiary/aromatic N) is 5. The summed E-state index contributed by atoms with van der Waals surface area (Å²) in [7, 11) is 1.88. The molecule has 0 spiro atoms. The van der Waals surface area contributed by atoms with Crippen molar-refractivity contribution in [2.75, 3.05) is 18.0 Å². The number of phenols is 1. The molecule has 30 heavy (non-hydrogen) atoms. The van der Waals surface area contributed by atoms with Crippen LogP contribution in [0.15, 0.2) is 36.7 Å². The van der Waals surface area contributed by atoms with Gasteiger partial charge < -0.3 is 15.3 Å². The smallest absolute Gasteiger partial charge is 0.154 e. The van der Waals surface area contributed by atoms with Crippen LogP contribution >= 0.6 is 0 Å². The van der Waals surface area contributed by atoms with Gasteiger partial charge in [0.1, 0.15) is 5.75 Å². The molecule has 1 aliphatic carbocycles. The maximum Gasteiger partial charge on any atom is 0.154 e. The molecule has 7 nitrogen and oxygen atoms in total.